The molecule has 0 spiro atoms. The Hall–Kier alpha value is -3.17. The number of carboxylic acid groups (broad SMARTS) is 1. The van der Waals surface area contributed by atoms with Crippen LogP contribution in [0.3, 0.4) is 0 Å². The van der Waals surface area contributed by atoms with Gasteiger partial charge in [0.2, 0.25) is 0 Å². The first-order valence-electron chi connectivity index (χ1n) is 9.03. The molecule has 0 aromatic carbocycles. The van der Waals surface area contributed by atoms with Gasteiger partial charge in [-0.1, -0.05) is 0 Å². The molecule has 0 unspecified atom stereocenters. The van der Waals surface area contributed by atoms with Crippen LogP contribution in [-0.4, -0.2) is 55.3 Å². The van der Waals surface area contributed by atoms with Crippen LogP contribution in [-0.2, 0) is 20.7 Å². The summed E-state index contributed by atoms with van der Waals surface area (Å²) >= 11 is 0. The Morgan fingerprint density at radius 2 is 1.72 bits per heavy atom. The molecule has 0 aliphatic rings. The van der Waals surface area contributed by atoms with Crippen LogP contribution in [0.1, 0.15) is 47.1 Å². The molecule has 0 saturated heterocycles. The molecule has 0 radical (unpaired) electrons. The highest BCUT2D eigenvalue weighted by atomic mass is 16.6. The summed E-state index contributed by atoms with van der Waals surface area (Å²) in [5, 5.41) is 16.3. The fourth-order valence-corrected chi connectivity index (χ4v) is 2.40. The van der Waals surface area contributed by atoms with E-state index in [2.05, 4.69) is 15.4 Å². The maximum atomic E-state index is 12.2. The third-order valence-corrected chi connectivity index (χ3v) is 3.46. The molecule has 1 atom stereocenters. The van der Waals surface area contributed by atoms with Crippen molar-refractivity contribution in [3.05, 3.63) is 24.0 Å². The first-order valence-corrected chi connectivity index (χ1v) is 9.03. The average Bonchev–Trinajstić information content (AvgIpc) is 2.94. The lowest BCUT2D eigenvalue weighted by atomic mass is 10.1. The van der Waals surface area contributed by atoms with Crippen LogP contribution in [0, 0.1) is 0 Å². The van der Waals surface area contributed by atoms with Crippen LogP contribution < -0.4 is 5.32 Å². The van der Waals surface area contributed by atoms with E-state index in [1.165, 1.54) is 12.4 Å². The lowest BCUT2D eigenvalue weighted by Crippen LogP contribution is -2.44. The van der Waals surface area contributed by atoms with Gasteiger partial charge in [0, 0.05) is 18.0 Å². The van der Waals surface area contributed by atoms with Gasteiger partial charge < -0.3 is 19.9 Å². The Balaban J connectivity index is 2.18. The number of rotatable bonds is 4. The van der Waals surface area contributed by atoms with Gasteiger partial charge in [-0.25, -0.2) is 19.4 Å². The second kappa shape index (κ2) is 8.06. The Bertz CT molecular complexity index is 923. The fraction of sp³-hybridized carbons (Fsp3) is 0.526. The Morgan fingerprint density at radius 1 is 1.10 bits per heavy atom. The zero-order valence-corrected chi connectivity index (χ0v) is 17.3. The normalized spacial score (nSPS) is 13.0. The Labute approximate surface area is 168 Å². The highest BCUT2D eigenvalue weighted by Gasteiger charge is 2.25. The number of alkyl carbamates (subject to hydrolysis) is 1. The smallest absolute Gasteiger partial charge is 0.437 e. The van der Waals surface area contributed by atoms with E-state index in [1.807, 2.05) is 0 Å². The largest absolute Gasteiger partial charge is 0.480 e. The molecule has 0 fully saturated rings. The third-order valence-electron chi connectivity index (χ3n) is 3.46. The number of pyridine rings is 1. The van der Waals surface area contributed by atoms with Gasteiger partial charge in [0.05, 0.1) is 6.20 Å². The van der Waals surface area contributed by atoms with Crippen LogP contribution in [0.15, 0.2) is 18.5 Å². The van der Waals surface area contributed by atoms with Gasteiger partial charge in [-0.05, 0) is 53.2 Å². The standard InChI is InChI=1S/C19H26N4O6/c1-18(2,3)28-16(26)22-13(15(24)25)8-11-7-12-10-21-23(14(12)20-9-11)17(27)29-19(4,5)6/h7,9-10,13H,8H2,1-6H3,(H,22,26)(H,24,25)/t13-/m1/s1. The van der Waals surface area contributed by atoms with Gasteiger partial charge >= 0.3 is 18.2 Å². The van der Waals surface area contributed by atoms with E-state index in [0.717, 1.165) is 4.68 Å². The number of carbonyl (C=O) groups excluding carboxylic acids is 2. The average molecular weight is 406 g/mol. The van der Waals surface area contributed by atoms with E-state index in [9.17, 15) is 19.5 Å². The molecule has 0 aliphatic carbocycles. The van der Waals surface area contributed by atoms with Gasteiger partial charge in [0.1, 0.15) is 17.2 Å². The summed E-state index contributed by atoms with van der Waals surface area (Å²) in [6, 6.07) is 0.452. The molecule has 10 nitrogen and oxygen atoms in total. The lowest BCUT2D eigenvalue weighted by molar-refractivity contribution is -0.139. The summed E-state index contributed by atoms with van der Waals surface area (Å²) in [7, 11) is 0. The molecule has 2 rings (SSSR count). The molecule has 2 aromatic rings. The summed E-state index contributed by atoms with van der Waals surface area (Å²) in [6.07, 6.45) is 1.36. The first kappa shape index (κ1) is 22.1. The molecule has 0 saturated carbocycles. The highest BCUT2D eigenvalue weighted by molar-refractivity contribution is 5.85. The highest BCUT2D eigenvalue weighted by Crippen LogP contribution is 2.17. The van der Waals surface area contributed by atoms with Crippen molar-refractivity contribution in [3.8, 4) is 0 Å². The zero-order valence-electron chi connectivity index (χ0n) is 17.3. The van der Waals surface area contributed by atoms with Gasteiger partial charge in [-0.3, -0.25) is 0 Å². The molecule has 158 valence electrons. The van der Waals surface area contributed by atoms with E-state index in [4.69, 9.17) is 9.47 Å². The Morgan fingerprint density at radius 3 is 2.28 bits per heavy atom. The number of ether oxygens (including phenoxy) is 2. The predicted octanol–water partition coefficient (Wildman–Crippen LogP) is 2.73. The predicted molar refractivity (Wildman–Crippen MR) is 104 cm³/mol. The number of amides is 1. The molecule has 2 heterocycles. The van der Waals surface area contributed by atoms with E-state index < -0.39 is 35.4 Å². The minimum atomic E-state index is -1.21. The van der Waals surface area contributed by atoms with Crippen molar-refractivity contribution in [2.24, 2.45) is 0 Å². The van der Waals surface area contributed by atoms with E-state index >= 15 is 0 Å². The summed E-state index contributed by atoms with van der Waals surface area (Å²) in [5.74, 6) is -1.21. The number of hydrogen-bond acceptors (Lipinski definition) is 7. The number of hydrogen-bond donors (Lipinski definition) is 2. The molecule has 29 heavy (non-hydrogen) atoms. The van der Waals surface area contributed by atoms with Gasteiger partial charge in [-0.2, -0.15) is 5.10 Å². The van der Waals surface area contributed by atoms with Gasteiger partial charge in [0.25, 0.3) is 0 Å². The van der Waals surface area contributed by atoms with E-state index in [-0.39, 0.29) is 12.1 Å². The van der Waals surface area contributed by atoms with Crippen molar-refractivity contribution < 1.29 is 29.0 Å². The number of aromatic nitrogens is 3. The fourth-order valence-electron chi connectivity index (χ4n) is 2.40. The van der Waals surface area contributed by atoms with Crippen molar-refractivity contribution in [1.29, 1.82) is 0 Å². The summed E-state index contributed by atoms with van der Waals surface area (Å²) < 4.78 is 11.4. The minimum Gasteiger partial charge on any atom is -0.480 e. The summed E-state index contributed by atoms with van der Waals surface area (Å²) in [6.45, 7) is 10.3. The van der Waals surface area contributed by atoms with E-state index in [1.54, 1.807) is 47.6 Å². The van der Waals surface area contributed by atoms with Crippen LogP contribution in [0.25, 0.3) is 11.0 Å². The van der Waals surface area contributed by atoms with Crippen molar-refractivity contribution in [3.63, 3.8) is 0 Å². The van der Waals surface area contributed by atoms with Crippen molar-refractivity contribution in [2.45, 2.75) is 65.2 Å². The monoisotopic (exact) mass is 406 g/mol. The summed E-state index contributed by atoms with van der Waals surface area (Å²) in [4.78, 5) is 39.8. The van der Waals surface area contributed by atoms with Crippen molar-refractivity contribution >= 4 is 29.2 Å². The number of carbonyl (C=O) groups is 3. The van der Waals surface area contributed by atoms with Crippen LogP contribution >= 0.6 is 0 Å². The molecular weight excluding hydrogens is 380 g/mol. The zero-order chi connectivity index (χ0) is 22.0. The minimum absolute atomic E-state index is 0.0187. The number of fused-ring (bicyclic) bond motifs is 1. The number of nitrogens with one attached hydrogen (secondary N) is 1. The Kier molecular flexibility index (Phi) is 6.15. The summed E-state index contributed by atoms with van der Waals surface area (Å²) in [5.41, 5.74) is -0.596. The number of carboxylic acids is 1. The SMILES string of the molecule is CC(C)(C)OC(=O)N[C@H](Cc1cnc2c(cnn2C(=O)OC(C)(C)C)c1)C(=O)O. The maximum absolute atomic E-state index is 12.2. The topological polar surface area (TPSA) is 133 Å². The van der Waals surface area contributed by atoms with Gasteiger partial charge in [0.15, 0.2) is 5.65 Å². The lowest BCUT2D eigenvalue weighted by Gasteiger charge is -2.22. The van der Waals surface area contributed by atoms with Crippen LogP contribution in [0.2, 0.25) is 0 Å². The molecule has 1 amide bonds. The molecule has 0 bridgehead atoms. The van der Waals surface area contributed by atoms with Crippen LogP contribution in [0.4, 0.5) is 9.59 Å². The molecular formula is C19H26N4O6. The van der Waals surface area contributed by atoms with Crippen LogP contribution in [0.5, 0.6) is 0 Å². The van der Waals surface area contributed by atoms with Gasteiger partial charge in [-0.15, -0.1) is 4.68 Å². The number of aliphatic carboxylic acids is 1. The second-order valence-electron chi connectivity index (χ2n) is 8.53. The maximum Gasteiger partial charge on any atom is 0.437 e. The van der Waals surface area contributed by atoms with E-state index in [0.29, 0.717) is 10.9 Å². The van der Waals surface area contributed by atoms with Crippen molar-refractivity contribution in [1.82, 2.24) is 20.1 Å². The quantitative estimate of drug-likeness (QED) is 0.792. The molecule has 2 aromatic heterocycles. The first-order chi connectivity index (χ1) is 13.2. The second-order valence-corrected chi connectivity index (χ2v) is 8.53. The van der Waals surface area contributed by atoms with Crippen molar-refractivity contribution in [2.75, 3.05) is 0 Å². The molecule has 0 aliphatic heterocycles. The number of nitrogens with zero attached hydrogens (tertiary/aromatic N) is 3. The molecule has 2 N–H and O–H groups in total. The molecule has 10 heteroatoms. The third kappa shape index (κ3) is 6.44.